The van der Waals surface area contributed by atoms with E-state index in [1.807, 2.05) is 38.2 Å². The first-order valence-electron chi connectivity index (χ1n) is 10.4. The van der Waals surface area contributed by atoms with Gasteiger partial charge in [-0.1, -0.05) is 6.92 Å². The van der Waals surface area contributed by atoms with Crippen LogP contribution in [0, 0.1) is 13.8 Å². The molecule has 0 aliphatic carbocycles. The molecule has 4 aromatic rings. The van der Waals surface area contributed by atoms with Gasteiger partial charge in [-0.05, 0) is 44.7 Å². The average Bonchev–Trinajstić information content (AvgIpc) is 3.18. The maximum absolute atomic E-state index is 12.9. The SMILES string of the molecule is CCN1CCN(c2ccc3nc(-c4cc5c(C)nc(C)cn5n4)[nH]c(=O)c3c2)CC1. The number of nitrogens with one attached hydrogen (secondary N) is 1. The van der Waals surface area contributed by atoms with Gasteiger partial charge in [0, 0.05) is 31.9 Å². The van der Waals surface area contributed by atoms with Crippen molar-refractivity contribution >= 4 is 22.1 Å². The number of likely N-dealkylation sites (N-methyl/N-ethyl adjacent to an activating group) is 1. The Hall–Kier alpha value is -3.26. The summed E-state index contributed by atoms with van der Waals surface area (Å²) in [4.78, 5) is 29.7. The van der Waals surface area contributed by atoms with Gasteiger partial charge in [-0.15, -0.1) is 0 Å². The Bertz CT molecular complexity index is 1300. The number of anilines is 1. The average molecular weight is 403 g/mol. The Kier molecular flexibility index (Phi) is 4.51. The van der Waals surface area contributed by atoms with Gasteiger partial charge in [-0.3, -0.25) is 9.78 Å². The van der Waals surface area contributed by atoms with Gasteiger partial charge in [0.05, 0.1) is 34.0 Å². The third kappa shape index (κ3) is 3.23. The van der Waals surface area contributed by atoms with Crippen LogP contribution in [0.15, 0.2) is 35.3 Å². The summed E-state index contributed by atoms with van der Waals surface area (Å²) < 4.78 is 1.79. The maximum Gasteiger partial charge on any atom is 0.259 e. The highest BCUT2D eigenvalue weighted by Crippen LogP contribution is 2.23. The quantitative estimate of drug-likeness (QED) is 0.566. The summed E-state index contributed by atoms with van der Waals surface area (Å²) >= 11 is 0. The van der Waals surface area contributed by atoms with Crippen molar-refractivity contribution in [2.75, 3.05) is 37.6 Å². The van der Waals surface area contributed by atoms with Crippen LogP contribution in [-0.4, -0.2) is 62.2 Å². The summed E-state index contributed by atoms with van der Waals surface area (Å²) in [7, 11) is 0. The van der Waals surface area contributed by atoms with Gasteiger partial charge < -0.3 is 14.8 Å². The van der Waals surface area contributed by atoms with E-state index in [2.05, 4.69) is 42.8 Å². The van der Waals surface area contributed by atoms with E-state index in [0.29, 0.717) is 22.4 Å². The molecule has 0 spiro atoms. The van der Waals surface area contributed by atoms with Gasteiger partial charge in [0.2, 0.25) is 0 Å². The van der Waals surface area contributed by atoms with Gasteiger partial charge in [0.1, 0.15) is 5.69 Å². The number of piperazine rings is 1. The lowest BCUT2D eigenvalue weighted by molar-refractivity contribution is 0.271. The van der Waals surface area contributed by atoms with Crippen LogP contribution in [0.4, 0.5) is 5.69 Å². The van der Waals surface area contributed by atoms with Crippen LogP contribution in [0.3, 0.4) is 0 Å². The van der Waals surface area contributed by atoms with E-state index < -0.39 is 0 Å². The highest BCUT2D eigenvalue weighted by Gasteiger charge is 2.17. The molecular formula is C22H25N7O. The highest BCUT2D eigenvalue weighted by molar-refractivity contribution is 5.83. The third-order valence-electron chi connectivity index (χ3n) is 5.88. The summed E-state index contributed by atoms with van der Waals surface area (Å²) in [6.45, 7) is 11.2. The number of hydrogen-bond donors (Lipinski definition) is 1. The van der Waals surface area contributed by atoms with Gasteiger partial charge in [-0.2, -0.15) is 5.10 Å². The zero-order valence-corrected chi connectivity index (χ0v) is 17.5. The molecule has 1 N–H and O–H groups in total. The lowest BCUT2D eigenvalue weighted by atomic mass is 10.2. The second-order valence-corrected chi connectivity index (χ2v) is 7.86. The van der Waals surface area contributed by atoms with Gasteiger partial charge in [0.15, 0.2) is 5.82 Å². The molecule has 0 unspecified atom stereocenters. The third-order valence-corrected chi connectivity index (χ3v) is 5.88. The molecule has 5 rings (SSSR count). The fourth-order valence-electron chi connectivity index (χ4n) is 4.17. The monoisotopic (exact) mass is 403 g/mol. The van der Waals surface area contributed by atoms with E-state index in [0.717, 1.165) is 55.3 Å². The van der Waals surface area contributed by atoms with Crippen molar-refractivity contribution in [3.63, 3.8) is 0 Å². The van der Waals surface area contributed by atoms with E-state index in [-0.39, 0.29) is 5.56 Å². The van der Waals surface area contributed by atoms with E-state index in [1.165, 1.54) is 0 Å². The Labute approximate surface area is 174 Å². The Morgan fingerprint density at radius 1 is 1.07 bits per heavy atom. The summed E-state index contributed by atoms with van der Waals surface area (Å²) in [5.74, 6) is 0.470. The standard InChI is InChI=1S/C22H25N7O/c1-4-27-7-9-28(10-8-27)16-5-6-18-17(11-16)22(30)25-21(24-18)19-12-20-15(3)23-14(2)13-29(20)26-19/h5-6,11-13H,4,7-10H2,1-3H3,(H,24,25,30). The molecule has 0 radical (unpaired) electrons. The van der Waals surface area contributed by atoms with Crippen molar-refractivity contribution in [1.82, 2.24) is 29.5 Å². The van der Waals surface area contributed by atoms with Gasteiger partial charge in [0.25, 0.3) is 5.56 Å². The minimum Gasteiger partial charge on any atom is -0.369 e. The summed E-state index contributed by atoms with van der Waals surface area (Å²) in [6, 6.07) is 7.85. The van der Waals surface area contributed by atoms with Crippen molar-refractivity contribution in [2.45, 2.75) is 20.8 Å². The zero-order valence-electron chi connectivity index (χ0n) is 17.5. The predicted octanol–water partition coefficient (Wildman–Crippen LogP) is 2.39. The Balaban J connectivity index is 1.52. The number of fused-ring (bicyclic) bond motifs is 2. The van der Waals surface area contributed by atoms with Crippen molar-refractivity contribution in [2.24, 2.45) is 0 Å². The molecule has 8 heteroatoms. The Morgan fingerprint density at radius 2 is 1.87 bits per heavy atom. The molecule has 1 aromatic carbocycles. The predicted molar refractivity (Wildman–Crippen MR) is 118 cm³/mol. The molecule has 1 aliphatic heterocycles. The fourth-order valence-corrected chi connectivity index (χ4v) is 4.17. The van der Waals surface area contributed by atoms with Gasteiger partial charge >= 0.3 is 0 Å². The van der Waals surface area contributed by atoms with E-state index >= 15 is 0 Å². The molecular weight excluding hydrogens is 378 g/mol. The molecule has 0 bridgehead atoms. The van der Waals surface area contributed by atoms with E-state index in [1.54, 1.807) is 4.52 Å². The molecule has 0 atom stereocenters. The van der Waals surface area contributed by atoms with E-state index in [9.17, 15) is 4.79 Å². The number of benzene rings is 1. The molecule has 8 nitrogen and oxygen atoms in total. The topological polar surface area (TPSA) is 82.4 Å². The number of aryl methyl sites for hydroxylation is 2. The van der Waals surface area contributed by atoms with Crippen LogP contribution in [-0.2, 0) is 0 Å². The van der Waals surface area contributed by atoms with Crippen molar-refractivity contribution in [3.05, 3.63) is 52.2 Å². The van der Waals surface area contributed by atoms with Crippen molar-refractivity contribution in [3.8, 4) is 11.5 Å². The second kappa shape index (κ2) is 7.21. The van der Waals surface area contributed by atoms with Gasteiger partial charge in [-0.25, -0.2) is 9.50 Å². The minimum absolute atomic E-state index is 0.146. The molecule has 154 valence electrons. The largest absolute Gasteiger partial charge is 0.369 e. The lowest BCUT2D eigenvalue weighted by Crippen LogP contribution is -2.46. The second-order valence-electron chi connectivity index (χ2n) is 7.86. The van der Waals surface area contributed by atoms with Crippen LogP contribution < -0.4 is 10.5 Å². The first-order chi connectivity index (χ1) is 14.5. The number of aromatic nitrogens is 5. The lowest BCUT2D eigenvalue weighted by Gasteiger charge is -2.35. The highest BCUT2D eigenvalue weighted by atomic mass is 16.1. The van der Waals surface area contributed by atoms with Crippen LogP contribution in [0.2, 0.25) is 0 Å². The smallest absolute Gasteiger partial charge is 0.259 e. The Morgan fingerprint density at radius 3 is 2.63 bits per heavy atom. The fraction of sp³-hybridized carbons (Fsp3) is 0.364. The normalized spacial score (nSPS) is 15.4. The van der Waals surface area contributed by atoms with Crippen molar-refractivity contribution in [1.29, 1.82) is 0 Å². The van der Waals surface area contributed by atoms with Crippen molar-refractivity contribution < 1.29 is 0 Å². The summed E-state index contributed by atoms with van der Waals surface area (Å²) in [5.41, 5.74) is 4.92. The van der Waals surface area contributed by atoms with Crippen LogP contribution >= 0.6 is 0 Å². The molecule has 0 amide bonds. The zero-order chi connectivity index (χ0) is 20.8. The number of H-pyrrole nitrogens is 1. The molecule has 1 aliphatic rings. The van der Waals surface area contributed by atoms with Crippen LogP contribution in [0.1, 0.15) is 18.3 Å². The number of rotatable bonds is 3. The summed E-state index contributed by atoms with van der Waals surface area (Å²) in [6.07, 6.45) is 1.87. The molecule has 30 heavy (non-hydrogen) atoms. The van der Waals surface area contributed by atoms with Crippen LogP contribution in [0.25, 0.3) is 27.9 Å². The minimum atomic E-state index is -0.146. The molecule has 1 fully saturated rings. The van der Waals surface area contributed by atoms with Crippen LogP contribution in [0.5, 0.6) is 0 Å². The molecule has 3 aromatic heterocycles. The summed E-state index contributed by atoms with van der Waals surface area (Å²) in [5, 5.41) is 5.19. The molecule has 0 saturated carbocycles. The number of aromatic amines is 1. The molecule has 4 heterocycles. The number of nitrogens with zero attached hydrogens (tertiary/aromatic N) is 6. The van der Waals surface area contributed by atoms with E-state index in [4.69, 9.17) is 0 Å². The first kappa shape index (κ1) is 18.7. The first-order valence-corrected chi connectivity index (χ1v) is 10.4. The molecule has 1 saturated heterocycles. The maximum atomic E-state index is 12.9. The number of hydrogen-bond acceptors (Lipinski definition) is 6.